The van der Waals surface area contributed by atoms with Crippen LogP contribution in [0.5, 0.6) is 0 Å². The van der Waals surface area contributed by atoms with Crippen LogP contribution in [0.25, 0.3) is 22.3 Å². The van der Waals surface area contributed by atoms with Gasteiger partial charge in [-0.2, -0.15) is 0 Å². The van der Waals surface area contributed by atoms with Gasteiger partial charge in [0, 0.05) is 16.7 Å². The Kier molecular flexibility index (Phi) is 3.20. The van der Waals surface area contributed by atoms with E-state index in [9.17, 15) is 9.59 Å². The Hall–Kier alpha value is -3.00. The first-order chi connectivity index (χ1) is 11.6. The van der Waals surface area contributed by atoms with E-state index in [1.54, 1.807) is 13.0 Å². The number of Topliss-reactive ketones (excluding diaryl/α,β-unsaturated/α-hetero) is 1. The Labute approximate surface area is 140 Å². The van der Waals surface area contributed by atoms with Crippen LogP contribution < -0.4 is 0 Å². The summed E-state index contributed by atoms with van der Waals surface area (Å²) in [5, 5.41) is 0. The number of hydrogen-bond acceptors (Lipinski definition) is 2. The van der Waals surface area contributed by atoms with E-state index in [-0.39, 0.29) is 11.6 Å². The maximum Gasteiger partial charge on any atom is 0.189 e. The SMILES string of the molecule is CC1=CC(=O)c2ccc(-c3cc(C)c4cccccc3-4)cc2C1=O. The van der Waals surface area contributed by atoms with Crippen molar-refractivity contribution in [2.45, 2.75) is 13.8 Å². The van der Waals surface area contributed by atoms with E-state index in [1.165, 1.54) is 17.2 Å². The average Bonchev–Trinajstić information content (AvgIpc) is 2.75. The van der Waals surface area contributed by atoms with Crippen LogP contribution in [0.15, 0.2) is 66.2 Å². The highest BCUT2D eigenvalue weighted by Crippen LogP contribution is 2.39. The van der Waals surface area contributed by atoms with E-state index in [0.717, 1.165) is 16.7 Å². The number of fused-ring (bicyclic) bond motifs is 2. The molecule has 0 aromatic heterocycles. The van der Waals surface area contributed by atoms with Gasteiger partial charge in [-0.05, 0) is 59.9 Å². The van der Waals surface area contributed by atoms with E-state index >= 15 is 0 Å². The summed E-state index contributed by atoms with van der Waals surface area (Å²) in [7, 11) is 0. The lowest BCUT2D eigenvalue weighted by molar-refractivity contribution is 0.0984. The molecule has 0 bridgehead atoms. The van der Waals surface area contributed by atoms with Crippen molar-refractivity contribution in [2.24, 2.45) is 0 Å². The van der Waals surface area contributed by atoms with Crippen molar-refractivity contribution in [1.29, 1.82) is 0 Å². The molecule has 0 atom stereocenters. The predicted molar refractivity (Wildman–Crippen MR) is 95.7 cm³/mol. The molecule has 0 saturated carbocycles. The van der Waals surface area contributed by atoms with Gasteiger partial charge in [0.15, 0.2) is 11.6 Å². The van der Waals surface area contributed by atoms with Gasteiger partial charge < -0.3 is 0 Å². The summed E-state index contributed by atoms with van der Waals surface area (Å²) in [6.07, 6.45) is 1.42. The minimum absolute atomic E-state index is 0.0652. The first kappa shape index (κ1) is 14.6. The van der Waals surface area contributed by atoms with Crippen LogP contribution >= 0.6 is 0 Å². The number of ketones is 2. The minimum Gasteiger partial charge on any atom is -0.289 e. The zero-order chi connectivity index (χ0) is 16.8. The summed E-state index contributed by atoms with van der Waals surface area (Å²) in [6, 6.07) is 17.9. The van der Waals surface area contributed by atoms with Crippen LogP contribution in [0.1, 0.15) is 33.2 Å². The summed E-state index contributed by atoms with van der Waals surface area (Å²) < 4.78 is 0. The van der Waals surface area contributed by atoms with Gasteiger partial charge in [-0.3, -0.25) is 9.59 Å². The second-order valence-corrected chi connectivity index (χ2v) is 6.26. The van der Waals surface area contributed by atoms with Gasteiger partial charge in [-0.25, -0.2) is 0 Å². The van der Waals surface area contributed by atoms with E-state index < -0.39 is 0 Å². The second kappa shape index (κ2) is 5.27. The molecule has 3 aliphatic carbocycles. The van der Waals surface area contributed by atoms with Crippen molar-refractivity contribution in [3.05, 3.63) is 82.9 Å². The number of carbonyl (C=O) groups excluding carboxylic acids is 2. The fourth-order valence-corrected chi connectivity index (χ4v) is 3.40. The Balaban J connectivity index is 1.93. The van der Waals surface area contributed by atoms with Gasteiger partial charge in [-0.1, -0.05) is 42.5 Å². The van der Waals surface area contributed by atoms with E-state index in [0.29, 0.717) is 16.7 Å². The smallest absolute Gasteiger partial charge is 0.189 e. The molecule has 0 heterocycles. The second-order valence-electron chi connectivity index (χ2n) is 6.26. The topological polar surface area (TPSA) is 34.1 Å². The lowest BCUT2D eigenvalue weighted by Gasteiger charge is -2.14. The number of benzene rings is 1. The van der Waals surface area contributed by atoms with E-state index in [2.05, 4.69) is 25.1 Å². The molecule has 0 radical (unpaired) electrons. The van der Waals surface area contributed by atoms with Gasteiger partial charge in [0.05, 0.1) is 0 Å². The summed E-state index contributed by atoms with van der Waals surface area (Å²) in [6.45, 7) is 3.78. The first-order valence-corrected chi connectivity index (χ1v) is 7.96. The quantitative estimate of drug-likeness (QED) is 0.627. The molecule has 3 aliphatic rings. The lowest BCUT2D eigenvalue weighted by atomic mass is 9.87. The van der Waals surface area contributed by atoms with Crippen molar-refractivity contribution >= 4 is 11.6 Å². The summed E-state index contributed by atoms with van der Waals surface area (Å²) in [4.78, 5) is 24.6. The molecule has 1 aromatic carbocycles. The zero-order valence-corrected chi connectivity index (χ0v) is 13.6. The fraction of sp³-hybridized carbons (Fsp3) is 0.0909. The van der Waals surface area contributed by atoms with Crippen LogP contribution in [-0.4, -0.2) is 11.6 Å². The average molecular weight is 312 g/mol. The number of hydrogen-bond donors (Lipinski definition) is 0. The van der Waals surface area contributed by atoms with Gasteiger partial charge in [0.25, 0.3) is 0 Å². The van der Waals surface area contributed by atoms with Crippen molar-refractivity contribution in [3.63, 3.8) is 0 Å². The molecule has 2 heteroatoms. The van der Waals surface area contributed by atoms with Crippen molar-refractivity contribution < 1.29 is 9.59 Å². The third-order valence-electron chi connectivity index (χ3n) is 4.66. The largest absolute Gasteiger partial charge is 0.289 e. The first-order valence-electron chi connectivity index (χ1n) is 7.96. The molecule has 116 valence electrons. The minimum atomic E-state index is -0.0939. The van der Waals surface area contributed by atoms with Crippen LogP contribution in [0.2, 0.25) is 0 Å². The molecule has 2 nitrogen and oxygen atoms in total. The van der Waals surface area contributed by atoms with Crippen molar-refractivity contribution in [2.75, 3.05) is 0 Å². The molecular formula is C22H16O2. The van der Waals surface area contributed by atoms with Crippen molar-refractivity contribution in [3.8, 4) is 22.3 Å². The van der Waals surface area contributed by atoms with E-state index in [1.807, 2.05) is 30.3 Å². The van der Waals surface area contributed by atoms with Gasteiger partial charge in [0.1, 0.15) is 0 Å². The van der Waals surface area contributed by atoms with Gasteiger partial charge >= 0.3 is 0 Å². The van der Waals surface area contributed by atoms with E-state index in [4.69, 9.17) is 0 Å². The van der Waals surface area contributed by atoms with Crippen LogP contribution in [-0.2, 0) is 0 Å². The number of carbonyl (C=O) groups is 2. The molecule has 4 rings (SSSR count). The Bertz CT molecular complexity index is 1010. The maximum absolute atomic E-state index is 12.4. The Morgan fingerprint density at radius 1 is 0.667 bits per heavy atom. The molecular weight excluding hydrogens is 296 g/mol. The maximum atomic E-state index is 12.4. The number of rotatable bonds is 1. The molecule has 0 spiro atoms. The molecule has 0 N–H and O–H groups in total. The lowest BCUT2D eigenvalue weighted by Crippen LogP contribution is -2.15. The Morgan fingerprint density at radius 3 is 2.21 bits per heavy atom. The molecule has 0 unspecified atom stereocenters. The highest BCUT2D eigenvalue weighted by Gasteiger charge is 2.24. The molecule has 0 fully saturated rings. The predicted octanol–water partition coefficient (Wildman–Crippen LogP) is 5.09. The molecule has 1 aromatic rings. The summed E-state index contributed by atoms with van der Waals surface area (Å²) in [5.41, 5.74) is 7.11. The van der Waals surface area contributed by atoms with Gasteiger partial charge in [0.2, 0.25) is 0 Å². The zero-order valence-electron chi connectivity index (χ0n) is 13.6. The summed E-state index contributed by atoms with van der Waals surface area (Å²) in [5.74, 6) is -0.159. The fourth-order valence-electron chi connectivity index (χ4n) is 3.40. The number of aryl methyl sites for hydroxylation is 1. The van der Waals surface area contributed by atoms with Gasteiger partial charge in [-0.15, -0.1) is 0 Å². The summed E-state index contributed by atoms with van der Waals surface area (Å²) >= 11 is 0. The van der Waals surface area contributed by atoms with Crippen LogP contribution in [0, 0.1) is 6.92 Å². The molecule has 0 aliphatic heterocycles. The highest BCUT2D eigenvalue weighted by atomic mass is 16.1. The standard InChI is InChI=1S/C22H16O2/c1-13-10-19(17-7-5-3-4-6-16(13)17)15-8-9-18-20(12-15)22(24)14(2)11-21(18)23/h3-12H,1-2H3. The van der Waals surface area contributed by atoms with Crippen molar-refractivity contribution in [1.82, 2.24) is 0 Å². The monoisotopic (exact) mass is 312 g/mol. The normalized spacial score (nSPS) is 13.8. The molecule has 0 saturated heterocycles. The van der Waals surface area contributed by atoms with Crippen LogP contribution in [0.4, 0.5) is 0 Å². The highest BCUT2D eigenvalue weighted by molar-refractivity contribution is 6.24. The molecule has 0 amide bonds. The Morgan fingerprint density at radius 2 is 1.42 bits per heavy atom. The van der Waals surface area contributed by atoms with Crippen LogP contribution in [0.3, 0.4) is 0 Å². The third-order valence-corrected chi connectivity index (χ3v) is 4.66. The third kappa shape index (κ3) is 2.11. The number of allylic oxidation sites excluding steroid dienone is 2. The molecule has 24 heavy (non-hydrogen) atoms.